The van der Waals surface area contributed by atoms with Crippen LogP contribution in [0.2, 0.25) is 0 Å². The van der Waals surface area contributed by atoms with Crippen LogP contribution in [-0.4, -0.2) is 5.11 Å². The third kappa shape index (κ3) is 5.26. The average molecular weight is 224 g/mol. The fraction of sp³-hybridized carbons (Fsp3) is 0.571. The first kappa shape index (κ1) is 13.2. The molecule has 90 valence electrons. The molecule has 0 radical (unpaired) electrons. The second-order valence-corrected chi connectivity index (χ2v) is 4.53. The van der Waals surface area contributed by atoms with Gasteiger partial charge in [0.15, 0.2) is 0 Å². The molecule has 1 aliphatic carbocycles. The summed E-state index contributed by atoms with van der Waals surface area (Å²) in [6.45, 7) is 2.33. The summed E-state index contributed by atoms with van der Waals surface area (Å²) >= 11 is 0. The summed E-state index contributed by atoms with van der Waals surface area (Å²) in [5.74, 6) is 0.765. The molecule has 1 N–H and O–H groups in total. The highest BCUT2D eigenvalue weighted by molar-refractivity contribution is 5.14. The summed E-state index contributed by atoms with van der Waals surface area (Å²) in [5, 5.41) is 8.51. The van der Waals surface area contributed by atoms with Crippen LogP contribution in [0.3, 0.4) is 0 Å². The molecule has 1 aromatic rings. The van der Waals surface area contributed by atoms with Crippen molar-refractivity contribution in [2.75, 3.05) is 0 Å². The molecule has 1 aliphatic rings. The molecule has 2 heteroatoms. The third-order valence-corrected chi connectivity index (χ3v) is 2.99. The Bertz CT molecular complexity index is 275. The largest absolute Gasteiger partial charge is 0.392 e. The van der Waals surface area contributed by atoms with Crippen molar-refractivity contribution in [3.63, 3.8) is 0 Å². The van der Waals surface area contributed by atoms with Gasteiger partial charge in [-0.2, -0.15) is 0 Å². The van der Waals surface area contributed by atoms with Gasteiger partial charge in [-0.25, -0.2) is 4.39 Å². The van der Waals surface area contributed by atoms with Gasteiger partial charge in [-0.1, -0.05) is 51.2 Å². The van der Waals surface area contributed by atoms with Crippen LogP contribution in [0.25, 0.3) is 0 Å². The Kier molecular flexibility index (Phi) is 6.09. The maximum Gasteiger partial charge on any atom is 0.123 e. The van der Waals surface area contributed by atoms with E-state index in [0.717, 1.165) is 11.5 Å². The second-order valence-electron chi connectivity index (χ2n) is 4.53. The van der Waals surface area contributed by atoms with E-state index in [1.165, 1.54) is 44.2 Å². The average Bonchev–Trinajstić information content (AvgIpc) is 2.32. The summed E-state index contributed by atoms with van der Waals surface area (Å²) < 4.78 is 12.1. The van der Waals surface area contributed by atoms with Gasteiger partial charge < -0.3 is 5.11 Å². The molecule has 0 aliphatic heterocycles. The van der Waals surface area contributed by atoms with E-state index in [0.29, 0.717) is 0 Å². The predicted octanol–water partition coefficient (Wildman–Crippen LogP) is 3.90. The SMILES string of the molecule is CC1CCCCC1.OCc1ccc(F)cc1. The molecule has 0 heterocycles. The van der Waals surface area contributed by atoms with Crippen molar-refractivity contribution in [1.29, 1.82) is 0 Å². The van der Waals surface area contributed by atoms with E-state index in [4.69, 9.17) is 5.11 Å². The van der Waals surface area contributed by atoms with Crippen molar-refractivity contribution in [3.05, 3.63) is 35.6 Å². The van der Waals surface area contributed by atoms with Crippen LogP contribution in [0.4, 0.5) is 4.39 Å². The number of hydrogen-bond donors (Lipinski definition) is 1. The molecule has 2 rings (SSSR count). The van der Waals surface area contributed by atoms with Crippen molar-refractivity contribution >= 4 is 0 Å². The minimum atomic E-state index is -0.271. The maximum absolute atomic E-state index is 12.1. The number of benzene rings is 1. The third-order valence-electron chi connectivity index (χ3n) is 2.99. The van der Waals surface area contributed by atoms with Gasteiger partial charge in [0.1, 0.15) is 5.82 Å². The zero-order valence-corrected chi connectivity index (χ0v) is 9.95. The van der Waals surface area contributed by atoms with Crippen LogP contribution < -0.4 is 0 Å². The van der Waals surface area contributed by atoms with Crippen molar-refractivity contribution < 1.29 is 9.50 Å². The highest BCUT2D eigenvalue weighted by Gasteiger charge is 2.05. The summed E-state index contributed by atoms with van der Waals surface area (Å²) in [6, 6.07) is 5.75. The van der Waals surface area contributed by atoms with Gasteiger partial charge >= 0.3 is 0 Å². The van der Waals surface area contributed by atoms with Gasteiger partial charge in [-0.15, -0.1) is 0 Å². The Morgan fingerprint density at radius 1 is 1.12 bits per heavy atom. The number of aliphatic hydroxyl groups excluding tert-OH is 1. The topological polar surface area (TPSA) is 20.2 Å². The van der Waals surface area contributed by atoms with Crippen LogP contribution in [0, 0.1) is 11.7 Å². The van der Waals surface area contributed by atoms with Gasteiger partial charge in [0, 0.05) is 0 Å². The summed E-state index contributed by atoms with van der Waals surface area (Å²) in [4.78, 5) is 0. The van der Waals surface area contributed by atoms with E-state index in [9.17, 15) is 4.39 Å². The van der Waals surface area contributed by atoms with E-state index in [-0.39, 0.29) is 12.4 Å². The molecule has 0 bridgehead atoms. The molecular weight excluding hydrogens is 203 g/mol. The zero-order valence-electron chi connectivity index (χ0n) is 9.95. The van der Waals surface area contributed by atoms with Crippen LogP contribution in [0.1, 0.15) is 44.6 Å². The Hall–Kier alpha value is -0.890. The zero-order chi connectivity index (χ0) is 11.8. The van der Waals surface area contributed by atoms with Crippen LogP contribution in [0.5, 0.6) is 0 Å². The van der Waals surface area contributed by atoms with Crippen molar-refractivity contribution in [1.82, 2.24) is 0 Å². The standard InChI is InChI=1S/C7H7FO.C7H14/c8-7-3-1-6(5-9)2-4-7;1-7-5-3-2-4-6-7/h1-4,9H,5H2;7H,2-6H2,1H3. The summed E-state index contributed by atoms with van der Waals surface area (Å²) in [5.41, 5.74) is 0.733. The fourth-order valence-electron chi connectivity index (χ4n) is 1.90. The molecule has 1 saturated carbocycles. The second kappa shape index (κ2) is 7.39. The highest BCUT2D eigenvalue weighted by Crippen LogP contribution is 2.22. The Morgan fingerprint density at radius 3 is 2.06 bits per heavy atom. The number of aliphatic hydroxyl groups is 1. The van der Waals surface area contributed by atoms with Gasteiger partial charge in [0.2, 0.25) is 0 Å². The Balaban J connectivity index is 0.000000165. The van der Waals surface area contributed by atoms with Crippen molar-refractivity contribution in [2.45, 2.75) is 45.6 Å². The molecule has 0 spiro atoms. The van der Waals surface area contributed by atoms with Crippen molar-refractivity contribution in [3.8, 4) is 0 Å². The minimum absolute atomic E-state index is 0.0275. The summed E-state index contributed by atoms with van der Waals surface area (Å²) in [7, 11) is 0. The van der Waals surface area contributed by atoms with Gasteiger partial charge in [-0.05, 0) is 23.6 Å². The molecule has 0 saturated heterocycles. The van der Waals surface area contributed by atoms with Gasteiger partial charge in [-0.3, -0.25) is 0 Å². The number of rotatable bonds is 1. The van der Waals surface area contributed by atoms with E-state index in [2.05, 4.69) is 6.92 Å². The monoisotopic (exact) mass is 224 g/mol. The first-order chi connectivity index (χ1) is 7.72. The maximum atomic E-state index is 12.1. The molecule has 0 aromatic heterocycles. The molecule has 0 amide bonds. The Morgan fingerprint density at radius 2 is 1.69 bits per heavy atom. The lowest BCUT2D eigenvalue weighted by Gasteiger charge is -2.15. The van der Waals surface area contributed by atoms with E-state index >= 15 is 0 Å². The molecule has 16 heavy (non-hydrogen) atoms. The molecule has 1 aromatic carbocycles. The van der Waals surface area contributed by atoms with Gasteiger partial charge in [0.25, 0.3) is 0 Å². The minimum Gasteiger partial charge on any atom is -0.392 e. The highest BCUT2D eigenvalue weighted by atomic mass is 19.1. The number of halogens is 1. The Labute approximate surface area is 97.3 Å². The lowest BCUT2D eigenvalue weighted by Crippen LogP contribution is -1.99. The molecule has 1 nitrogen and oxygen atoms in total. The van der Waals surface area contributed by atoms with Crippen LogP contribution in [0.15, 0.2) is 24.3 Å². The van der Waals surface area contributed by atoms with E-state index in [1.54, 1.807) is 12.1 Å². The van der Waals surface area contributed by atoms with Crippen LogP contribution in [-0.2, 0) is 6.61 Å². The lowest BCUT2D eigenvalue weighted by atomic mass is 9.91. The van der Waals surface area contributed by atoms with E-state index < -0.39 is 0 Å². The van der Waals surface area contributed by atoms with Crippen LogP contribution >= 0.6 is 0 Å². The molecule has 1 fully saturated rings. The molecular formula is C14H21FO. The molecule has 0 atom stereocenters. The first-order valence-electron chi connectivity index (χ1n) is 6.07. The lowest BCUT2D eigenvalue weighted by molar-refractivity contribution is 0.281. The predicted molar refractivity (Wildman–Crippen MR) is 64.6 cm³/mol. The number of hydrogen-bond acceptors (Lipinski definition) is 1. The van der Waals surface area contributed by atoms with E-state index in [1.807, 2.05) is 0 Å². The first-order valence-corrected chi connectivity index (χ1v) is 6.07. The van der Waals surface area contributed by atoms with Gasteiger partial charge in [0.05, 0.1) is 6.61 Å². The quantitative estimate of drug-likeness (QED) is 0.767. The fourth-order valence-corrected chi connectivity index (χ4v) is 1.90. The van der Waals surface area contributed by atoms with Crippen molar-refractivity contribution in [2.24, 2.45) is 5.92 Å². The molecule has 0 unspecified atom stereocenters. The summed E-state index contributed by atoms with van der Waals surface area (Å²) in [6.07, 6.45) is 7.44. The smallest absolute Gasteiger partial charge is 0.123 e. The normalized spacial score (nSPS) is 16.4.